The standard InChI is InChI=1S/C27H28O4/c1-27-14-13-21-20(22(27)10-11-24(27)29)9-8-18-15-19(28)16-23(26(18)21)31-25(30)12-7-17-5-3-2-4-6-17/h2-7,12,15-16,20-22,28H,8-11,13-14H2,1H3/t20-,21+,22+,27+/m1/s1. The van der Waals surface area contributed by atoms with E-state index < -0.39 is 5.97 Å². The minimum Gasteiger partial charge on any atom is -0.508 e. The molecule has 0 spiro atoms. The van der Waals surface area contributed by atoms with Crippen LogP contribution >= 0.6 is 0 Å². The summed E-state index contributed by atoms with van der Waals surface area (Å²) in [4.78, 5) is 25.2. The fourth-order valence-corrected chi connectivity index (χ4v) is 6.39. The first-order valence-electron chi connectivity index (χ1n) is 11.3. The average Bonchev–Trinajstić information content (AvgIpc) is 3.07. The van der Waals surface area contributed by atoms with Gasteiger partial charge in [-0.3, -0.25) is 4.79 Å². The average molecular weight is 417 g/mol. The smallest absolute Gasteiger partial charge is 0.336 e. The number of ether oxygens (including phenoxy) is 1. The highest BCUT2D eigenvalue weighted by Gasteiger charge is 2.55. The quantitative estimate of drug-likeness (QED) is 0.411. The second-order valence-electron chi connectivity index (χ2n) is 9.52. The number of carbonyl (C=O) groups excluding carboxylic acids is 2. The Kier molecular flexibility index (Phi) is 4.96. The topological polar surface area (TPSA) is 63.6 Å². The van der Waals surface area contributed by atoms with E-state index in [9.17, 15) is 14.7 Å². The normalized spacial score (nSPS) is 29.3. The lowest BCUT2D eigenvalue weighted by molar-refractivity contribution is -0.129. The largest absolute Gasteiger partial charge is 0.508 e. The number of hydrogen-bond donors (Lipinski definition) is 1. The highest BCUT2D eigenvalue weighted by atomic mass is 16.5. The van der Waals surface area contributed by atoms with Gasteiger partial charge in [0.1, 0.15) is 17.3 Å². The van der Waals surface area contributed by atoms with Crippen molar-refractivity contribution in [3.63, 3.8) is 0 Å². The molecule has 4 atom stereocenters. The van der Waals surface area contributed by atoms with Crippen LogP contribution in [0.15, 0.2) is 48.5 Å². The molecule has 2 aromatic carbocycles. The van der Waals surface area contributed by atoms with E-state index in [2.05, 4.69) is 6.92 Å². The molecular weight excluding hydrogens is 388 g/mol. The number of rotatable bonds is 3. The zero-order chi connectivity index (χ0) is 21.6. The molecule has 0 amide bonds. The van der Waals surface area contributed by atoms with Gasteiger partial charge in [-0.2, -0.15) is 0 Å². The summed E-state index contributed by atoms with van der Waals surface area (Å²) in [6, 6.07) is 13.0. The highest BCUT2D eigenvalue weighted by molar-refractivity contribution is 5.89. The Hall–Kier alpha value is -2.88. The molecule has 4 heteroatoms. The van der Waals surface area contributed by atoms with Crippen LogP contribution in [0.5, 0.6) is 11.5 Å². The van der Waals surface area contributed by atoms with Crippen LogP contribution < -0.4 is 4.74 Å². The van der Waals surface area contributed by atoms with E-state index in [0.29, 0.717) is 29.8 Å². The summed E-state index contributed by atoms with van der Waals surface area (Å²) in [6.45, 7) is 2.16. The Morgan fingerprint density at radius 2 is 1.94 bits per heavy atom. The van der Waals surface area contributed by atoms with E-state index in [1.807, 2.05) is 36.4 Å². The Morgan fingerprint density at radius 3 is 2.74 bits per heavy atom. The van der Waals surface area contributed by atoms with Gasteiger partial charge in [0.25, 0.3) is 0 Å². The molecule has 1 N–H and O–H groups in total. The van der Waals surface area contributed by atoms with E-state index in [1.165, 1.54) is 6.08 Å². The van der Waals surface area contributed by atoms with Crippen molar-refractivity contribution >= 4 is 17.8 Å². The van der Waals surface area contributed by atoms with Gasteiger partial charge >= 0.3 is 5.97 Å². The summed E-state index contributed by atoms with van der Waals surface area (Å²) >= 11 is 0. The van der Waals surface area contributed by atoms with Crippen LogP contribution in [0.2, 0.25) is 0 Å². The van der Waals surface area contributed by atoms with Crippen LogP contribution in [-0.2, 0) is 16.0 Å². The van der Waals surface area contributed by atoms with Crippen LogP contribution in [0.25, 0.3) is 6.08 Å². The summed E-state index contributed by atoms with van der Waals surface area (Å²) in [5.74, 6) is 1.68. The second kappa shape index (κ2) is 7.67. The molecule has 0 saturated heterocycles. The van der Waals surface area contributed by atoms with E-state index in [4.69, 9.17) is 4.74 Å². The van der Waals surface area contributed by atoms with Gasteiger partial charge < -0.3 is 9.84 Å². The lowest BCUT2D eigenvalue weighted by Gasteiger charge is -2.48. The Bertz CT molecular complexity index is 1050. The maximum Gasteiger partial charge on any atom is 0.336 e. The van der Waals surface area contributed by atoms with Gasteiger partial charge in [-0.25, -0.2) is 4.79 Å². The number of benzene rings is 2. The highest BCUT2D eigenvalue weighted by Crippen LogP contribution is 2.60. The maximum absolute atomic E-state index is 12.6. The molecule has 31 heavy (non-hydrogen) atoms. The van der Waals surface area contributed by atoms with Crippen LogP contribution in [0.4, 0.5) is 0 Å². The molecule has 2 saturated carbocycles. The minimum absolute atomic E-state index is 0.128. The third-order valence-corrected chi connectivity index (χ3v) is 7.90. The van der Waals surface area contributed by atoms with Gasteiger partial charge in [0.15, 0.2) is 0 Å². The van der Waals surface area contributed by atoms with Crippen LogP contribution in [-0.4, -0.2) is 16.9 Å². The number of ketones is 1. The van der Waals surface area contributed by atoms with Crippen molar-refractivity contribution in [2.24, 2.45) is 17.3 Å². The molecule has 3 aliphatic rings. The third-order valence-electron chi connectivity index (χ3n) is 7.90. The van der Waals surface area contributed by atoms with E-state index in [1.54, 1.807) is 12.1 Å². The number of esters is 1. The summed E-state index contributed by atoms with van der Waals surface area (Å²) in [6.07, 6.45) is 8.50. The first kappa shape index (κ1) is 20.0. The van der Waals surface area contributed by atoms with Crippen molar-refractivity contribution < 1.29 is 19.4 Å². The molecule has 160 valence electrons. The number of phenols is 1. The second-order valence-corrected chi connectivity index (χ2v) is 9.52. The molecule has 0 radical (unpaired) electrons. The maximum atomic E-state index is 12.6. The number of fused-ring (bicyclic) bond motifs is 5. The fourth-order valence-electron chi connectivity index (χ4n) is 6.39. The molecule has 2 aromatic rings. The van der Waals surface area contributed by atoms with Gasteiger partial charge in [-0.1, -0.05) is 37.3 Å². The SMILES string of the molecule is C[C@]12CC[C@@H]3c4c(cc(O)cc4OC(=O)C=Cc4ccccc4)CC[C@H]3[C@@H]1CCC2=O. The molecule has 0 aliphatic heterocycles. The minimum atomic E-state index is -0.449. The molecule has 0 heterocycles. The predicted molar refractivity (Wildman–Crippen MR) is 119 cm³/mol. The molecule has 0 bridgehead atoms. The van der Waals surface area contributed by atoms with E-state index in [0.717, 1.165) is 48.8 Å². The summed E-state index contributed by atoms with van der Waals surface area (Å²) in [7, 11) is 0. The van der Waals surface area contributed by atoms with Crippen LogP contribution in [0, 0.1) is 17.3 Å². The Morgan fingerprint density at radius 1 is 1.13 bits per heavy atom. The molecule has 2 fully saturated rings. The predicted octanol–water partition coefficient (Wildman–Crippen LogP) is 5.44. The molecule has 0 unspecified atom stereocenters. The van der Waals surface area contributed by atoms with E-state index in [-0.39, 0.29) is 17.1 Å². The zero-order valence-corrected chi connectivity index (χ0v) is 17.8. The Balaban J connectivity index is 1.44. The zero-order valence-electron chi connectivity index (χ0n) is 17.8. The number of Topliss-reactive ketones (excluding diaryl/α,β-unsaturated/α-hetero) is 1. The number of hydrogen-bond acceptors (Lipinski definition) is 4. The van der Waals surface area contributed by atoms with Crippen LogP contribution in [0.1, 0.15) is 61.6 Å². The van der Waals surface area contributed by atoms with Crippen molar-refractivity contribution in [3.05, 3.63) is 65.2 Å². The lowest BCUT2D eigenvalue weighted by Crippen LogP contribution is -2.42. The van der Waals surface area contributed by atoms with Crippen molar-refractivity contribution in [2.75, 3.05) is 0 Å². The Labute approximate surface area is 182 Å². The van der Waals surface area contributed by atoms with Crippen molar-refractivity contribution in [1.29, 1.82) is 0 Å². The number of phenolic OH excluding ortho intramolecular Hbond substituents is 1. The van der Waals surface area contributed by atoms with Crippen molar-refractivity contribution in [1.82, 2.24) is 0 Å². The number of aromatic hydroxyl groups is 1. The number of aryl methyl sites for hydroxylation is 1. The molecule has 0 aromatic heterocycles. The number of carbonyl (C=O) groups is 2. The summed E-state index contributed by atoms with van der Waals surface area (Å²) in [5, 5.41) is 10.3. The fraction of sp³-hybridized carbons (Fsp3) is 0.407. The van der Waals surface area contributed by atoms with Gasteiger partial charge in [-0.05, 0) is 73.1 Å². The van der Waals surface area contributed by atoms with Gasteiger partial charge in [0.05, 0.1) is 0 Å². The molecule has 3 aliphatic carbocycles. The summed E-state index contributed by atoms with van der Waals surface area (Å²) < 4.78 is 5.77. The van der Waals surface area contributed by atoms with E-state index >= 15 is 0 Å². The van der Waals surface area contributed by atoms with Crippen molar-refractivity contribution in [3.8, 4) is 11.5 Å². The third kappa shape index (κ3) is 3.48. The van der Waals surface area contributed by atoms with Gasteiger partial charge in [0.2, 0.25) is 0 Å². The molecule has 4 nitrogen and oxygen atoms in total. The summed E-state index contributed by atoms with van der Waals surface area (Å²) in [5.41, 5.74) is 2.88. The van der Waals surface area contributed by atoms with Gasteiger partial charge in [-0.15, -0.1) is 0 Å². The lowest BCUT2D eigenvalue weighted by atomic mass is 9.55. The monoisotopic (exact) mass is 416 g/mol. The first-order valence-corrected chi connectivity index (χ1v) is 11.3. The van der Waals surface area contributed by atoms with Crippen molar-refractivity contribution in [2.45, 2.75) is 51.4 Å². The molecular formula is C27H28O4. The first-order chi connectivity index (χ1) is 15.0. The van der Waals surface area contributed by atoms with Gasteiger partial charge in [0, 0.05) is 29.5 Å². The van der Waals surface area contributed by atoms with Crippen LogP contribution in [0.3, 0.4) is 0 Å². The molecule has 5 rings (SSSR count).